The summed E-state index contributed by atoms with van der Waals surface area (Å²) in [6, 6.07) is 17.2. The van der Waals surface area contributed by atoms with Gasteiger partial charge in [0.05, 0.1) is 5.69 Å². The minimum absolute atomic E-state index is 0.291. The number of fused-ring (bicyclic) bond motifs is 1. The second-order valence-corrected chi connectivity index (χ2v) is 6.05. The lowest BCUT2D eigenvalue weighted by Crippen LogP contribution is -2.01. The molecule has 3 aromatic rings. The highest BCUT2D eigenvalue weighted by atomic mass is 79.9. The van der Waals surface area contributed by atoms with E-state index in [1.807, 2.05) is 48.5 Å². The number of hydrogen-bond acceptors (Lipinski definition) is 2. The van der Waals surface area contributed by atoms with Crippen LogP contribution in [0.5, 0.6) is 5.75 Å². The quantitative estimate of drug-likeness (QED) is 0.638. The van der Waals surface area contributed by atoms with Crippen LogP contribution in [0.2, 0.25) is 5.02 Å². The van der Waals surface area contributed by atoms with Crippen molar-refractivity contribution in [2.45, 2.75) is 6.54 Å². The van der Waals surface area contributed by atoms with Crippen LogP contribution >= 0.6 is 27.5 Å². The molecule has 0 unspecified atom stereocenters. The number of rotatable bonds is 3. The van der Waals surface area contributed by atoms with Crippen molar-refractivity contribution in [3.05, 3.63) is 69.7 Å². The number of hydrogen-bond donors (Lipinski definition) is 2. The summed E-state index contributed by atoms with van der Waals surface area (Å²) in [7, 11) is 0. The molecule has 0 saturated heterocycles. The molecule has 106 valence electrons. The van der Waals surface area contributed by atoms with Crippen LogP contribution in [0.1, 0.15) is 5.56 Å². The second-order valence-electron chi connectivity index (χ2n) is 4.76. The zero-order valence-electron chi connectivity index (χ0n) is 11.1. The average Bonchev–Trinajstić information content (AvgIpc) is 2.49. The maximum Gasteiger partial charge on any atom is 0.121 e. The standard InChI is InChI=1S/C17H13BrClNO/c18-15-7-6-12(19)9-16(15)20-10-14-13-4-2-1-3-11(13)5-8-17(14)21/h1-9,20-21H,10H2. The van der Waals surface area contributed by atoms with Crippen LogP contribution in [0.4, 0.5) is 5.69 Å². The van der Waals surface area contributed by atoms with Crippen molar-refractivity contribution in [2.75, 3.05) is 5.32 Å². The number of nitrogens with one attached hydrogen (secondary N) is 1. The molecule has 0 spiro atoms. The molecule has 0 fully saturated rings. The molecule has 2 N–H and O–H groups in total. The van der Waals surface area contributed by atoms with Crippen molar-refractivity contribution < 1.29 is 5.11 Å². The predicted octanol–water partition coefficient (Wildman–Crippen LogP) is 5.57. The van der Waals surface area contributed by atoms with Crippen molar-refractivity contribution in [1.82, 2.24) is 0 Å². The molecule has 0 aliphatic carbocycles. The molecule has 0 aliphatic rings. The number of phenols is 1. The van der Waals surface area contributed by atoms with Gasteiger partial charge in [-0.05, 0) is 51.0 Å². The van der Waals surface area contributed by atoms with Crippen molar-refractivity contribution in [1.29, 1.82) is 0 Å². The van der Waals surface area contributed by atoms with Gasteiger partial charge in [-0.3, -0.25) is 0 Å². The molecule has 0 bridgehead atoms. The average molecular weight is 363 g/mol. The lowest BCUT2D eigenvalue weighted by atomic mass is 10.0. The zero-order valence-corrected chi connectivity index (χ0v) is 13.4. The van der Waals surface area contributed by atoms with Gasteiger partial charge in [0.15, 0.2) is 0 Å². The van der Waals surface area contributed by atoms with Crippen molar-refractivity contribution in [3.63, 3.8) is 0 Å². The first kappa shape index (κ1) is 14.2. The Morgan fingerprint density at radius 3 is 2.71 bits per heavy atom. The number of benzene rings is 3. The lowest BCUT2D eigenvalue weighted by Gasteiger charge is -2.12. The van der Waals surface area contributed by atoms with Crippen LogP contribution < -0.4 is 5.32 Å². The minimum atomic E-state index is 0.291. The fraction of sp³-hybridized carbons (Fsp3) is 0.0588. The molecule has 21 heavy (non-hydrogen) atoms. The van der Waals surface area contributed by atoms with Gasteiger partial charge in [-0.2, -0.15) is 0 Å². The Morgan fingerprint density at radius 1 is 1.05 bits per heavy atom. The predicted molar refractivity (Wildman–Crippen MR) is 92.1 cm³/mol. The van der Waals surface area contributed by atoms with Gasteiger partial charge in [0, 0.05) is 21.6 Å². The van der Waals surface area contributed by atoms with E-state index in [4.69, 9.17) is 11.6 Å². The van der Waals surface area contributed by atoms with E-state index in [-0.39, 0.29) is 0 Å². The SMILES string of the molecule is Oc1ccc2ccccc2c1CNc1cc(Cl)ccc1Br. The van der Waals surface area contributed by atoms with Crippen LogP contribution in [0.15, 0.2) is 59.1 Å². The molecule has 0 heterocycles. The highest BCUT2D eigenvalue weighted by molar-refractivity contribution is 9.10. The molecule has 2 nitrogen and oxygen atoms in total. The van der Waals surface area contributed by atoms with E-state index in [9.17, 15) is 5.11 Å². The molecule has 0 atom stereocenters. The third-order valence-corrected chi connectivity index (χ3v) is 4.33. The number of halogens is 2. The van der Waals surface area contributed by atoms with E-state index < -0.39 is 0 Å². The Kier molecular flexibility index (Phi) is 4.04. The molecule has 0 radical (unpaired) electrons. The molecule has 0 aromatic heterocycles. The molecule has 3 rings (SSSR count). The molecular formula is C17H13BrClNO. The summed E-state index contributed by atoms with van der Waals surface area (Å²) in [4.78, 5) is 0. The molecule has 3 aromatic carbocycles. The van der Waals surface area contributed by atoms with E-state index in [0.29, 0.717) is 17.3 Å². The van der Waals surface area contributed by atoms with Gasteiger partial charge in [0.25, 0.3) is 0 Å². The smallest absolute Gasteiger partial charge is 0.121 e. The number of anilines is 1. The third kappa shape index (κ3) is 2.99. The van der Waals surface area contributed by atoms with Crippen LogP contribution in [0, 0.1) is 0 Å². The van der Waals surface area contributed by atoms with Crippen molar-refractivity contribution >= 4 is 44.0 Å². The molecular weight excluding hydrogens is 350 g/mol. The van der Waals surface area contributed by atoms with Gasteiger partial charge in [-0.15, -0.1) is 0 Å². The molecule has 0 saturated carbocycles. The first-order valence-electron chi connectivity index (χ1n) is 6.53. The Labute approximate surface area is 136 Å². The highest BCUT2D eigenvalue weighted by Crippen LogP contribution is 2.30. The fourth-order valence-corrected chi connectivity index (χ4v) is 2.89. The Balaban J connectivity index is 1.95. The third-order valence-electron chi connectivity index (χ3n) is 3.40. The van der Waals surface area contributed by atoms with Gasteiger partial charge in [0.1, 0.15) is 5.75 Å². The van der Waals surface area contributed by atoms with Gasteiger partial charge < -0.3 is 10.4 Å². The Bertz CT molecular complexity index is 804. The second kappa shape index (κ2) is 5.96. The Hall–Kier alpha value is -1.71. The fourth-order valence-electron chi connectivity index (χ4n) is 2.33. The van der Waals surface area contributed by atoms with Gasteiger partial charge in [0.2, 0.25) is 0 Å². The highest BCUT2D eigenvalue weighted by Gasteiger charge is 2.08. The summed E-state index contributed by atoms with van der Waals surface area (Å²) < 4.78 is 0.937. The van der Waals surface area contributed by atoms with E-state index >= 15 is 0 Å². The lowest BCUT2D eigenvalue weighted by molar-refractivity contribution is 0.470. The maximum atomic E-state index is 10.1. The van der Waals surface area contributed by atoms with Crippen molar-refractivity contribution in [2.24, 2.45) is 0 Å². The van der Waals surface area contributed by atoms with Crippen molar-refractivity contribution in [3.8, 4) is 5.75 Å². The zero-order chi connectivity index (χ0) is 14.8. The van der Waals surface area contributed by atoms with Crippen LogP contribution in [-0.2, 0) is 6.54 Å². The minimum Gasteiger partial charge on any atom is -0.508 e. The summed E-state index contributed by atoms with van der Waals surface area (Å²) in [5, 5.41) is 16.3. The summed E-state index contributed by atoms with van der Waals surface area (Å²) >= 11 is 9.50. The first-order chi connectivity index (χ1) is 10.1. The molecule has 0 amide bonds. The monoisotopic (exact) mass is 361 g/mol. The normalized spacial score (nSPS) is 10.8. The topological polar surface area (TPSA) is 32.3 Å². The van der Waals surface area contributed by atoms with Crippen LogP contribution in [-0.4, -0.2) is 5.11 Å². The van der Waals surface area contributed by atoms with Crippen LogP contribution in [0.3, 0.4) is 0 Å². The Morgan fingerprint density at radius 2 is 1.86 bits per heavy atom. The molecule has 4 heteroatoms. The summed E-state index contributed by atoms with van der Waals surface area (Å²) in [6.07, 6.45) is 0. The van der Waals surface area contributed by atoms with E-state index in [1.165, 1.54) is 0 Å². The van der Waals surface area contributed by atoms with E-state index in [2.05, 4.69) is 21.2 Å². The summed E-state index contributed by atoms with van der Waals surface area (Å²) in [5.74, 6) is 0.291. The van der Waals surface area contributed by atoms with Gasteiger partial charge in [-0.25, -0.2) is 0 Å². The molecule has 0 aliphatic heterocycles. The largest absolute Gasteiger partial charge is 0.508 e. The van der Waals surface area contributed by atoms with Crippen LogP contribution in [0.25, 0.3) is 10.8 Å². The number of phenolic OH excluding ortho intramolecular Hbond substituents is 1. The summed E-state index contributed by atoms with van der Waals surface area (Å²) in [6.45, 7) is 0.520. The van der Waals surface area contributed by atoms with Gasteiger partial charge >= 0.3 is 0 Å². The first-order valence-corrected chi connectivity index (χ1v) is 7.71. The van der Waals surface area contributed by atoms with Gasteiger partial charge in [-0.1, -0.05) is 41.9 Å². The maximum absolute atomic E-state index is 10.1. The van der Waals surface area contributed by atoms with E-state index in [1.54, 1.807) is 6.07 Å². The summed E-state index contributed by atoms with van der Waals surface area (Å²) in [5.41, 5.74) is 1.77. The van der Waals surface area contributed by atoms with E-state index in [0.717, 1.165) is 26.5 Å². The number of aromatic hydroxyl groups is 1.